The third-order valence-electron chi connectivity index (χ3n) is 1.86. The van der Waals surface area contributed by atoms with Crippen molar-refractivity contribution in [2.24, 2.45) is 0 Å². The van der Waals surface area contributed by atoms with Crippen LogP contribution in [-0.4, -0.2) is 11.7 Å². The number of rotatable bonds is 3. The molecule has 0 aliphatic rings. The van der Waals surface area contributed by atoms with Crippen molar-refractivity contribution in [3.05, 3.63) is 29.3 Å². The fraction of sp³-hybridized carbons (Fsp3) is 0.300. The van der Waals surface area contributed by atoms with Crippen LogP contribution < -0.4 is 5.32 Å². The van der Waals surface area contributed by atoms with Gasteiger partial charge in [0.2, 0.25) is 5.91 Å². The summed E-state index contributed by atoms with van der Waals surface area (Å²) in [5.41, 5.74) is 0.0737. The van der Waals surface area contributed by atoms with E-state index in [9.17, 15) is 13.6 Å². The molecule has 1 rings (SSSR count). The van der Waals surface area contributed by atoms with Gasteiger partial charge in [-0.15, -0.1) is 0 Å². The standard InChI is InChI=1S/C10H11F2NOS/c1-6-4-8(12)9(5-7(6)11)13-10(14)2-3-15/h4-5,15H,2-3H2,1H3,(H,13,14). The first-order valence-electron chi connectivity index (χ1n) is 4.41. The molecule has 0 atom stereocenters. The van der Waals surface area contributed by atoms with Crippen LogP contribution in [-0.2, 0) is 4.79 Å². The fourth-order valence-electron chi connectivity index (χ4n) is 1.06. The van der Waals surface area contributed by atoms with E-state index in [0.29, 0.717) is 5.75 Å². The number of hydrogen-bond donors (Lipinski definition) is 2. The lowest BCUT2D eigenvalue weighted by Crippen LogP contribution is -2.13. The molecule has 0 unspecified atom stereocenters. The first-order chi connectivity index (χ1) is 7.04. The molecule has 1 aromatic carbocycles. The average molecular weight is 231 g/mol. The maximum atomic E-state index is 13.2. The molecule has 0 heterocycles. The minimum atomic E-state index is -0.638. The van der Waals surface area contributed by atoms with Gasteiger partial charge < -0.3 is 5.32 Å². The smallest absolute Gasteiger partial charge is 0.225 e. The maximum absolute atomic E-state index is 13.2. The van der Waals surface area contributed by atoms with E-state index >= 15 is 0 Å². The molecule has 0 spiro atoms. The van der Waals surface area contributed by atoms with Gasteiger partial charge in [0.15, 0.2) is 0 Å². The van der Waals surface area contributed by atoms with E-state index in [1.165, 1.54) is 6.92 Å². The molecular weight excluding hydrogens is 220 g/mol. The molecule has 0 aliphatic carbocycles. The summed E-state index contributed by atoms with van der Waals surface area (Å²) in [7, 11) is 0. The number of aryl methyl sites for hydroxylation is 1. The Morgan fingerprint density at radius 1 is 1.40 bits per heavy atom. The van der Waals surface area contributed by atoms with Crippen LogP contribution in [0.4, 0.5) is 14.5 Å². The minimum absolute atomic E-state index is 0.134. The van der Waals surface area contributed by atoms with Crippen molar-refractivity contribution in [1.82, 2.24) is 0 Å². The summed E-state index contributed by atoms with van der Waals surface area (Å²) in [6.45, 7) is 1.46. The van der Waals surface area contributed by atoms with Gasteiger partial charge in [-0.3, -0.25) is 4.79 Å². The molecule has 1 N–H and O–H groups in total. The van der Waals surface area contributed by atoms with Crippen molar-refractivity contribution in [1.29, 1.82) is 0 Å². The summed E-state index contributed by atoms with van der Waals surface area (Å²) in [4.78, 5) is 11.1. The van der Waals surface area contributed by atoms with Crippen LogP contribution in [0.25, 0.3) is 0 Å². The molecule has 0 saturated carbocycles. The largest absolute Gasteiger partial charge is 0.323 e. The number of benzene rings is 1. The third kappa shape index (κ3) is 3.20. The van der Waals surface area contributed by atoms with Crippen LogP contribution >= 0.6 is 12.6 Å². The number of carbonyl (C=O) groups is 1. The van der Waals surface area contributed by atoms with Crippen LogP contribution in [0.5, 0.6) is 0 Å². The number of hydrogen-bond acceptors (Lipinski definition) is 2. The number of halogens is 2. The second-order valence-electron chi connectivity index (χ2n) is 3.10. The number of nitrogens with one attached hydrogen (secondary N) is 1. The number of amides is 1. The van der Waals surface area contributed by atoms with Gasteiger partial charge in [0.1, 0.15) is 11.6 Å². The predicted molar refractivity (Wildman–Crippen MR) is 58.2 cm³/mol. The molecule has 82 valence electrons. The van der Waals surface area contributed by atoms with Crippen molar-refractivity contribution in [2.45, 2.75) is 13.3 Å². The Balaban J connectivity index is 2.86. The Kier molecular flexibility index (Phi) is 4.08. The summed E-state index contributed by atoms with van der Waals surface area (Å²) >= 11 is 3.86. The van der Waals surface area contributed by atoms with E-state index in [1.807, 2.05) is 0 Å². The first-order valence-corrected chi connectivity index (χ1v) is 5.04. The Morgan fingerprint density at radius 2 is 2.07 bits per heavy atom. The van der Waals surface area contributed by atoms with Crippen molar-refractivity contribution in [2.75, 3.05) is 11.1 Å². The van der Waals surface area contributed by atoms with E-state index in [-0.39, 0.29) is 23.6 Å². The zero-order valence-corrected chi connectivity index (χ0v) is 9.07. The zero-order chi connectivity index (χ0) is 11.4. The third-order valence-corrected chi connectivity index (χ3v) is 2.08. The lowest BCUT2D eigenvalue weighted by Gasteiger charge is -2.06. The van der Waals surface area contributed by atoms with Crippen LogP contribution in [0.3, 0.4) is 0 Å². The van der Waals surface area contributed by atoms with Gasteiger partial charge in [0.25, 0.3) is 0 Å². The molecular formula is C10H11F2NOS. The van der Waals surface area contributed by atoms with Crippen LogP contribution in [0, 0.1) is 18.6 Å². The minimum Gasteiger partial charge on any atom is -0.323 e. The predicted octanol–water partition coefficient (Wildman–Crippen LogP) is 2.53. The van der Waals surface area contributed by atoms with Gasteiger partial charge in [-0.1, -0.05) is 0 Å². The second kappa shape index (κ2) is 5.11. The molecule has 15 heavy (non-hydrogen) atoms. The normalized spacial score (nSPS) is 10.1. The maximum Gasteiger partial charge on any atom is 0.225 e. The van der Waals surface area contributed by atoms with Crippen LogP contribution in [0.15, 0.2) is 12.1 Å². The molecule has 1 aromatic rings. The molecule has 0 aromatic heterocycles. The van der Waals surface area contributed by atoms with Gasteiger partial charge in [-0.05, 0) is 24.3 Å². The van der Waals surface area contributed by atoms with E-state index in [1.54, 1.807) is 0 Å². The topological polar surface area (TPSA) is 29.1 Å². The van der Waals surface area contributed by atoms with Gasteiger partial charge in [-0.2, -0.15) is 12.6 Å². The van der Waals surface area contributed by atoms with Crippen molar-refractivity contribution in [3.8, 4) is 0 Å². The number of thiol groups is 1. The quantitative estimate of drug-likeness (QED) is 0.769. The van der Waals surface area contributed by atoms with Crippen molar-refractivity contribution in [3.63, 3.8) is 0 Å². The molecule has 5 heteroatoms. The summed E-state index contributed by atoms with van der Waals surface area (Å²) in [6.07, 6.45) is 0.165. The highest BCUT2D eigenvalue weighted by Crippen LogP contribution is 2.18. The van der Waals surface area contributed by atoms with Crippen LogP contribution in [0.2, 0.25) is 0 Å². The number of anilines is 1. The number of carbonyl (C=O) groups excluding carboxylic acids is 1. The van der Waals surface area contributed by atoms with Crippen molar-refractivity contribution >= 4 is 24.2 Å². The van der Waals surface area contributed by atoms with Gasteiger partial charge >= 0.3 is 0 Å². The molecule has 1 amide bonds. The summed E-state index contributed by atoms with van der Waals surface area (Å²) in [5, 5.41) is 2.28. The molecule has 0 aliphatic heterocycles. The monoisotopic (exact) mass is 231 g/mol. The lowest BCUT2D eigenvalue weighted by atomic mass is 10.2. The second-order valence-corrected chi connectivity index (χ2v) is 3.55. The summed E-state index contributed by atoms with van der Waals surface area (Å²) < 4.78 is 26.3. The van der Waals surface area contributed by atoms with Gasteiger partial charge in [0, 0.05) is 12.5 Å². The van der Waals surface area contributed by atoms with E-state index in [2.05, 4.69) is 17.9 Å². The summed E-state index contributed by atoms with van der Waals surface area (Å²) in [6, 6.07) is 2.02. The zero-order valence-electron chi connectivity index (χ0n) is 8.18. The van der Waals surface area contributed by atoms with Crippen molar-refractivity contribution < 1.29 is 13.6 Å². The highest BCUT2D eigenvalue weighted by molar-refractivity contribution is 7.80. The highest BCUT2D eigenvalue weighted by atomic mass is 32.1. The molecule has 2 nitrogen and oxygen atoms in total. The Hall–Kier alpha value is -1.10. The summed E-state index contributed by atoms with van der Waals surface area (Å²) in [5.74, 6) is -1.20. The fourth-order valence-corrected chi connectivity index (χ4v) is 1.26. The molecule has 0 fully saturated rings. The molecule has 0 radical (unpaired) electrons. The Labute approximate surface area is 92.1 Å². The highest BCUT2D eigenvalue weighted by Gasteiger charge is 2.09. The molecule has 0 saturated heterocycles. The van der Waals surface area contributed by atoms with E-state index in [4.69, 9.17) is 0 Å². The van der Waals surface area contributed by atoms with Gasteiger partial charge in [0.05, 0.1) is 5.69 Å². The Morgan fingerprint density at radius 3 is 2.67 bits per heavy atom. The van der Waals surface area contributed by atoms with E-state index < -0.39 is 11.6 Å². The first kappa shape index (κ1) is 12.0. The molecule has 0 bridgehead atoms. The lowest BCUT2D eigenvalue weighted by molar-refractivity contribution is -0.115. The average Bonchev–Trinajstić information content (AvgIpc) is 2.14. The SMILES string of the molecule is Cc1cc(F)c(NC(=O)CCS)cc1F. The van der Waals surface area contributed by atoms with E-state index in [0.717, 1.165) is 12.1 Å². The van der Waals surface area contributed by atoms with Gasteiger partial charge in [-0.25, -0.2) is 8.78 Å². The van der Waals surface area contributed by atoms with Crippen LogP contribution in [0.1, 0.15) is 12.0 Å². The Bertz CT molecular complexity index is 382.